The van der Waals surface area contributed by atoms with Crippen LogP contribution in [0.15, 0.2) is 22.7 Å². The minimum Gasteiger partial charge on any atom is -0.309 e. The highest BCUT2D eigenvalue weighted by atomic mass is 79.9. The lowest BCUT2D eigenvalue weighted by atomic mass is 10.0. The first-order chi connectivity index (χ1) is 7.69. The maximum absolute atomic E-state index is 6.08. The first kappa shape index (κ1) is 13.6. The molecular formula is C13H15BrClN. The zero-order valence-electron chi connectivity index (χ0n) is 9.48. The summed E-state index contributed by atoms with van der Waals surface area (Å²) in [4.78, 5) is 0. The lowest BCUT2D eigenvalue weighted by Gasteiger charge is -2.16. The molecule has 1 nitrogen and oxygen atoms in total. The van der Waals surface area contributed by atoms with E-state index in [4.69, 9.17) is 11.6 Å². The maximum atomic E-state index is 6.08. The van der Waals surface area contributed by atoms with E-state index >= 15 is 0 Å². The molecule has 0 amide bonds. The van der Waals surface area contributed by atoms with E-state index in [-0.39, 0.29) is 6.04 Å². The number of rotatable bonds is 4. The molecular weight excluding hydrogens is 286 g/mol. The van der Waals surface area contributed by atoms with Crippen LogP contribution in [-0.4, -0.2) is 6.54 Å². The second-order valence-corrected chi connectivity index (χ2v) is 4.68. The quantitative estimate of drug-likeness (QED) is 0.823. The first-order valence-electron chi connectivity index (χ1n) is 5.27. The van der Waals surface area contributed by atoms with Gasteiger partial charge in [-0.25, -0.2) is 0 Å². The van der Waals surface area contributed by atoms with Crippen molar-refractivity contribution in [3.05, 3.63) is 33.3 Å². The van der Waals surface area contributed by atoms with E-state index in [0.717, 1.165) is 22.5 Å². The van der Waals surface area contributed by atoms with Crippen LogP contribution >= 0.6 is 27.5 Å². The van der Waals surface area contributed by atoms with Gasteiger partial charge in [0.2, 0.25) is 0 Å². The zero-order valence-corrected chi connectivity index (χ0v) is 11.8. The van der Waals surface area contributed by atoms with Gasteiger partial charge in [0, 0.05) is 16.9 Å². The SMILES string of the molecule is CC#CCC(NCC)c1ccc(Br)c(Cl)c1. The summed E-state index contributed by atoms with van der Waals surface area (Å²) >= 11 is 9.47. The highest BCUT2D eigenvalue weighted by Crippen LogP contribution is 2.27. The Hall–Kier alpha value is -0.490. The average molecular weight is 301 g/mol. The summed E-state index contributed by atoms with van der Waals surface area (Å²) in [5.41, 5.74) is 1.18. The molecule has 0 radical (unpaired) electrons. The Balaban J connectivity index is 2.89. The summed E-state index contributed by atoms with van der Waals surface area (Å²) in [6, 6.07) is 6.28. The van der Waals surface area contributed by atoms with E-state index in [2.05, 4.69) is 46.1 Å². The summed E-state index contributed by atoms with van der Waals surface area (Å²) < 4.78 is 0.926. The Labute approximate surface area is 111 Å². The van der Waals surface area contributed by atoms with Crippen molar-refractivity contribution in [2.45, 2.75) is 26.3 Å². The predicted molar refractivity (Wildman–Crippen MR) is 73.6 cm³/mol. The van der Waals surface area contributed by atoms with Crippen molar-refractivity contribution in [3.8, 4) is 11.8 Å². The monoisotopic (exact) mass is 299 g/mol. The van der Waals surface area contributed by atoms with Gasteiger partial charge in [-0.3, -0.25) is 0 Å². The van der Waals surface area contributed by atoms with Crippen molar-refractivity contribution in [3.63, 3.8) is 0 Å². The van der Waals surface area contributed by atoms with Gasteiger partial charge >= 0.3 is 0 Å². The third-order valence-electron chi connectivity index (χ3n) is 2.28. The maximum Gasteiger partial charge on any atom is 0.0551 e. The molecule has 1 rings (SSSR count). The van der Waals surface area contributed by atoms with Crippen molar-refractivity contribution in [2.24, 2.45) is 0 Å². The Bertz CT molecular complexity index is 406. The minimum atomic E-state index is 0.253. The van der Waals surface area contributed by atoms with Crippen molar-refractivity contribution < 1.29 is 0 Å². The lowest BCUT2D eigenvalue weighted by Crippen LogP contribution is -2.20. The molecule has 0 saturated carbocycles. The number of nitrogens with one attached hydrogen (secondary N) is 1. The molecule has 1 N–H and O–H groups in total. The molecule has 0 aliphatic carbocycles. The normalized spacial score (nSPS) is 11.8. The third kappa shape index (κ3) is 3.83. The van der Waals surface area contributed by atoms with Gasteiger partial charge in [-0.05, 0) is 47.1 Å². The van der Waals surface area contributed by atoms with Crippen molar-refractivity contribution in [1.82, 2.24) is 5.32 Å². The van der Waals surface area contributed by atoms with Crippen LogP contribution in [0.25, 0.3) is 0 Å². The van der Waals surface area contributed by atoms with E-state index in [0.29, 0.717) is 0 Å². The molecule has 86 valence electrons. The molecule has 1 unspecified atom stereocenters. The molecule has 0 aliphatic rings. The molecule has 0 saturated heterocycles. The van der Waals surface area contributed by atoms with Gasteiger partial charge in [0.1, 0.15) is 0 Å². The average Bonchev–Trinajstić information content (AvgIpc) is 2.28. The number of benzene rings is 1. The predicted octanol–water partition coefficient (Wildman–Crippen LogP) is 4.17. The van der Waals surface area contributed by atoms with Crippen LogP contribution in [0.2, 0.25) is 5.02 Å². The molecule has 1 atom stereocenters. The van der Waals surface area contributed by atoms with E-state index in [1.807, 2.05) is 19.1 Å². The molecule has 0 heterocycles. The van der Waals surface area contributed by atoms with E-state index < -0.39 is 0 Å². The Morgan fingerprint density at radius 1 is 1.50 bits per heavy atom. The van der Waals surface area contributed by atoms with Crippen LogP contribution in [0.3, 0.4) is 0 Å². The van der Waals surface area contributed by atoms with Gasteiger partial charge in [0.05, 0.1) is 5.02 Å². The van der Waals surface area contributed by atoms with Gasteiger partial charge in [-0.15, -0.1) is 11.8 Å². The van der Waals surface area contributed by atoms with E-state index in [1.54, 1.807) is 0 Å². The largest absolute Gasteiger partial charge is 0.309 e. The van der Waals surface area contributed by atoms with Crippen LogP contribution in [0.1, 0.15) is 31.9 Å². The number of halogens is 2. The van der Waals surface area contributed by atoms with Gasteiger partial charge in [-0.1, -0.05) is 24.6 Å². The fourth-order valence-electron chi connectivity index (χ4n) is 1.49. The fourth-order valence-corrected chi connectivity index (χ4v) is 1.92. The third-order valence-corrected chi connectivity index (χ3v) is 3.51. The molecule has 3 heteroatoms. The Kier molecular flexibility index (Phi) is 5.90. The second-order valence-electron chi connectivity index (χ2n) is 3.41. The smallest absolute Gasteiger partial charge is 0.0551 e. The molecule has 0 spiro atoms. The summed E-state index contributed by atoms with van der Waals surface area (Å²) in [7, 11) is 0. The summed E-state index contributed by atoms with van der Waals surface area (Å²) in [5.74, 6) is 6.02. The van der Waals surface area contributed by atoms with Crippen LogP contribution in [0, 0.1) is 11.8 Å². The fraction of sp³-hybridized carbons (Fsp3) is 0.385. The zero-order chi connectivity index (χ0) is 12.0. The molecule has 0 bridgehead atoms. The van der Waals surface area contributed by atoms with Gasteiger partial charge in [0.15, 0.2) is 0 Å². The van der Waals surface area contributed by atoms with Crippen LogP contribution < -0.4 is 5.32 Å². The van der Waals surface area contributed by atoms with Gasteiger partial charge < -0.3 is 5.32 Å². The summed E-state index contributed by atoms with van der Waals surface area (Å²) in [6.07, 6.45) is 0.808. The number of hydrogen-bond donors (Lipinski definition) is 1. The molecule has 1 aromatic carbocycles. The summed E-state index contributed by atoms with van der Waals surface area (Å²) in [6.45, 7) is 4.87. The highest BCUT2D eigenvalue weighted by molar-refractivity contribution is 9.10. The minimum absolute atomic E-state index is 0.253. The second kappa shape index (κ2) is 6.96. The number of hydrogen-bond acceptors (Lipinski definition) is 1. The van der Waals surface area contributed by atoms with Crippen molar-refractivity contribution in [1.29, 1.82) is 0 Å². The highest BCUT2D eigenvalue weighted by Gasteiger charge is 2.10. The van der Waals surface area contributed by atoms with Gasteiger partial charge in [0.25, 0.3) is 0 Å². The van der Waals surface area contributed by atoms with Crippen LogP contribution in [0.4, 0.5) is 0 Å². The molecule has 16 heavy (non-hydrogen) atoms. The Morgan fingerprint density at radius 3 is 2.81 bits per heavy atom. The van der Waals surface area contributed by atoms with E-state index in [1.165, 1.54) is 5.56 Å². The molecule has 0 aromatic heterocycles. The molecule has 1 aromatic rings. The van der Waals surface area contributed by atoms with Crippen LogP contribution in [-0.2, 0) is 0 Å². The molecule has 0 fully saturated rings. The van der Waals surface area contributed by atoms with Crippen molar-refractivity contribution >= 4 is 27.5 Å². The molecule has 0 aliphatic heterocycles. The first-order valence-corrected chi connectivity index (χ1v) is 6.44. The van der Waals surface area contributed by atoms with Crippen molar-refractivity contribution in [2.75, 3.05) is 6.54 Å². The summed E-state index contributed by atoms with van der Waals surface area (Å²) in [5, 5.41) is 4.14. The van der Waals surface area contributed by atoms with Gasteiger partial charge in [-0.2, -0.15) is 0 Å². The topological polar surface area (TPSA) is 12.0 Å². The van der Waals surface area contributed by atoms with Crippen LogP contribution in [0.5, 0.6) is 0 Å². The lowest BCUT2D eigenvalue weighted by molar-refractivity contribution is 0.565. The van der Waals surface area contributed by atoms with E-state index in [9.17, 15) is 0 Å². The standard InChI is InChI=1S/C13H15BrClN/c1-3-5-6-13(16-4-2)10-7-8-11(14)12(15)9-10/h7-9,13,16H,4,6H2,1-2H3. The Morgan fingerprint density at radius 2 is 2.25 bits per heavy atom.